The fourth-order valence-electron chi connectivity index (χ4n) is 1.59. The van der Waals surface area contributed by atoms with Crippen molar-refractivity contribution in [2.45, 2.75) is 46.6 Å². The van der Waals surface area contributed by atoms with Gasteiger partial charge in [0.1, 0.15) is 18.5 Å². The molecule has 0 aromatic carbocycles. The first kappa shape index (κ1) is 15.0. The van der Waals surface area contributed by atoms with Gasteiger partial charge in [0.25, 0.3) is 0 Å². The largest absolute Gasteiger partial charge is 0.491 e. The van der Waals surface area contributed by atoms with Crippen LogP contribution in [-0.4, -0.2) is 19.3 Å². The summed E-state index contributed by atoms with van der Waals surface area (Å²) in [5.41, 5.74) is 1.34. The second kappa shape index (κ2) is 6.79. The Morgan fingerprint density at radius 1 is 1.50 bits per heavy atom. The van der Waals surface area contributed by atoms with Gasteiger partial charge in [-0.2, -0.15) is 0 Å². The second-order valence-corrected chi connectivity index (χ2v) is 5.62. The summed E-state index contributed by atoms with van der Waals surface area (Å²) in [5, 5.41) is 0. The summed E-state index contributed by atoms with van der Waals surface area (Å²) in [6.45, 7) is 14.4. The van der Waals surface area contributed by atoms with Crippen molar-refractivity contribution in [1.82, 2.24) is 0 Å². The third kappa shape index (κ3) is 5.54. The van der Waals surface area contributed by atoms with E-state index in [0.717, 1.165) is 30.8 Å². The van der Waals surface area contributed by atoms with Crippen LogP contribution in [0.2, 0.25) is 0 Å². The van der Waals surface area contributed by atoms with E-state index in [1.54, 1.807) is 0 Å². The molecular formula is C16H26O2. The zero-order chi connectivity index (χ0) is 13.6. The van der Waals surface area contributed by atoms with Gasteiger partial charge in [-0.15, -0.1) is 0 Å². The Labute approximate surface area is 111 Å². The summed E-state index contributed by atoms with van der Waals surface area (Å²) < 4.78 is 11.0. The van der Waals surface area contributed by atoms with Crippen LogP contribution in [0.3, 0.4) is 0 Å². The van der Waals surface area contributed by atoms with Gasteiger partial charge in [0.2, 0.25) is 0 Å². The Balaban J connectivity index is 2.59. The first-order valence-corrected chi connectivity index (χ1v) is 6.74. The molecule has 0 N–H and O–H groups in total. The highest BCUT2D eigenvalue weighted by Gasteiger charge is 2.24. The maximum absolute atomic E-state index is 5.81. The third-order valence-corrected chi connectivity index (χ3v) is 3.26. The topological polar surface area (TPSA) is 21.8 Å². The van der Waals surface area contributed by atoms with Crippen molar-refractivity contribution in [3.63, 3.8) is 0 Å². The third-order valence-electron chi connectivity index (χ3n) is 3.26. The Morgan fingerprint density at radius 2 is 2.17 bits per heavy atom. The zero-order valence-corrected chi connectivity index (χ0v) is 12.2. The summed E-state index contributed by atoms with van der Waals surface area (Å²) in [6, 6.07) is 0. The van der Waals surface area contributed by atoms with E-state index < -0.39 is 0 Å². The van der Waals surface area contributed by atoms with Gasteiger partial charge in [0.05, 0.1) is 6.61 Å². The van der Waals surface area contributed by atoms with Crippen molar-refractivity contribution >= 4 is 0 Å². The summed E-state index contributed by atoms with van der Waals surface area (Å²) in [7, 11) is 0. The molecule has 1 aliphatic heterocycles. The molecule has 0 amide bonds. The average molecular weight is 250 g/mol. The van der Waals surface area contributed by atoms with E-state index in [4.69, 9.17) is 9.47 Å². The molecule has 1 unspecified atom stereocenters. The fourth-order valence-corrected chi connectivity index (χ4v) is 1.59. The molecule has 0 bridgehead atoms. The molecular weight excluding hydrogens is 224 g/mol. The van der Waals surface area contributed by atoms with Crippen molar-refractivity contribution in [3.8, 4) is 0 Å². The van der Waals surface area contributed by atoms with E-state index in [0.29, 0.717) is 6.61 Å². The van der Waals surface area contributed by atoms with Crippen LogP contribution in [0.4, 0.5) is 0 Å². The molecule has 18 heavy (non-hydrogen) atoms. The Hall–Kier alpha value is -1.02. The Morgan fingerprint density at radius 3 is 2.67 bits per heavy atom. The van der Waals surface area contributed by atoms with Crippen LogP contribution in [0.5, 0.6) is 0 Å². The van der Waals surface area contributed by atoms with Gasteiger partial charge in [-0.05, 0) is 30.4 Å². The first-order valence-electron chi connectivity index (χ1n) is 6.74. The van der Waals surface area contributed by atoms with Crippen molar-refractivity contribution in [2.75, 3.05) is 13.2 Å². The van der Waals surface area contributed by atoms with Crippen LogP contribution >= 0.6 is 0 Å². The predicted octanol–water partition coefficient (Wildman–Crippen LogP) is 4.24. The first-order chi connectivity index (χ1) is 8.48. The van der Waals surface area contributed by atoms with Gasteiger partial charge < -0.3 is 9.47 Å². The Bertz CT molecular complexity index is 333. The molecule has 0 aromatic heterocycles. The van der Waals surface area contributed by atoms with E-state index in [-0.39, 0.29) is 11.5 Å². The lowest BCUT2D eigenvalue weighted by molar-refractivity contribution is 0.184. The SMILES string of the molecule is C=C(CC(C)(C)CC)/C(=C\C=C/C)OCC1CO1. The van der Waals surface area contributed by atoms with Crippen molar-refractivity contribution in [3.05, 3.63) is 36.1 Å². The molecule has 2 heteroatoms. The molecule has 1 atom stereocenters. The second-order valence-electron chi connectivity index (χ2n) is 5.62. The minimum atomic E-state index is 0.269. The van der Waals surface area contributed by atoms with Crippen LogP contribution in [0, 0.1) is 5.41 Å². The quantitative estimate of drug-likeness (QED) is 0.365. The number of ether oxygens (including phenoxy) is 2. The molecule has 1 heterocycles. The summed E-state index contributed by atoms with van der Waals surface area (Å²) in [5.74, 6) is 0.894. The number of hydrogen-bond acceptors (Lipinski definition) is 2. The van der Waals surface area contributed by atoms with Gasteiger partial charge >= 0.3 is 0 Å². The normalized spacial score (nSPS) is 20.2. The molecule has 1 rings (SSSR count). The summed E-state index contributed by atoms with van der Waals surface area (Å²) in [4.78, 5) is 0. The van der Waals surface area contributed by atoms with Crippen LogP contribution in [0.15, 0.2) is 36.1 Å². The number of epoxide rings is 1. The monoisotopic (exact) mass is 250 g/mol. The van der Waals surface area contributed by atoms with Gasteiger partial charge in [-0.3, -0.25) is 0 Å². The highest BCUT2D eigenvalue weighted by atomic mass is 16.6. The molecule has 2 nitrogen and oxygen atoms in total. The molecule has 0 radical (unpaired) electrons. The average Bonchev–Trinajstić information content (AvgIpc) is 3.12. The van der Waals surface area contributed by atoms with Gasteiger partial charge in [0, 0.05) is 0 Å². The molecule has 1 saturated heterocycles. The smallest absolute Gasteiger partial charge is 0.122 e. The summed E-state index contributed by atoms with van der Waals surface area (Å²) >= 11 is 0. The van der Waals surface area contributed by atoms with Gasteiger partial charge in [-0.25, -0.2) is 0 Å². The molecule has 0 saturated carbocycles. The lowest BCUT2D eigenvalue weighted by Crippen LogP contribution is -2.13. The standard InChI is InChI=1S/C16H26O2/c1-6-8-9-15(18-12-14-11-17-14)13(3)10-16(4,5)7-2/h6,8-9,14H,3,7,10-12H2,1-2,4-5H3/b8-6-,15-9+. The van der Waals surface area contributed by atoms with Crippen LogP contribution < -0.4 is 0 Å². The van der Waals surface area contributed by atoms with Crippen LogP contribution in [0.25, 0.3) is 0 Å². The maximum Gasteiger partial charge on any atom is 0.122 e. The van der Waals surface area contributed by atoms with E-state index in [2.05, 4.69) is 27.4 Å². The highest BCUT2D eigenvalue weighted by Crippen LogP contribution is 2.31. The molecule has 0 aromatic rings. The van der Waals surface area contributed by atoms with E-state index in [9.17, 15) is 0 Å². The lowest BCUT2D eigenvalue weighted by Gasteiger charge is -2.24. The number of allylic oxidation sites excluding steroid dienone is 4. The predicted molar refractivity (Wildman–Crippen MR) is 76.4 cm³/mol. The molecule has 1 fully saturated rings. The van der Waals surface area contributed by atoms with E-state index >= 15 is 0 Å². The molecule has 1 aliphatic rings. The number of rotatable bonds is 8. The zero-order valence-electron chi connectivity index (χ0n) is 12.2. The van der Waals surface area contributed by atoms with Crippen molar-refractivity contribution in [2.24, 2.45) is 5.41 Å². The molecule has 102 valence electrons. The van der Waals surface area contributed by atoms with Crippen LogP contribution in [-0.2, 0) is 9.47 Å². The van der Waals surface area contributed by atoms with Crippen LogP contribution in [0.1, 0.15) is 40.5 Å². The van der Waals surface area contributed by atoms with Crippen molar-refractivity contribution in [1.29, 1.82) is 0 Å². The van der Waals surface area contributed by atoms with E-state index in [1.807, 2.05) is 25.2 Å². The minimum absolute atomic E-state index is 0.269. The number of hydrogen-bond donors (Lipinski definition) is 0. The fraction of sp³-hybridized carbons (Fsp3) is 0.625. The highest BCUT2D eigenvalue weighted by molar-refractivity contribution is 5.27. The Kier molecular flexibility index (Phi) is 5.67. The minimum Gasteiger partial charge on any atom is -0.491 e. The van der Waals surface area contributed by atoms with Crippen molar-refractivity contribution < 1.29 is 9.47 Å². The van der Waals surface area contributed by atoms with E-state index in [1.165, 1.54) is 0 Å². The van der Waals surface area contributed by atoms with Gasteiger partial charge in [0.15, 0.2) is 0 Å². The van der Waals surface area contributed by atoms with Gasteiger partial charge in [-0.1, -0.05) is 45.9 Å². The summed E-state index contributed by atoms with van der Waals surface area (Å²) in [6.07, 6.45) is 8.36. The molecule has 0 aliphatic carbocycles. The lowest BCUT2D eigenvalue weighted by atomic mass is 9.83. The maximum atomic E-state index is 5.81. The molecule has 0 spiro atoms.